The smallest absolute Gasteiger partial charge is 0.305 e. The average molecular weight is 296 g/mol. The highest BCUT2D eigenvalue weighted by Gasteiger charge is 2.38. The second kappa shape index (κ2) is 6.91. The molecule has 6 heteroatoms. The molecule has 2 rings (SSSR count). The van der Waals surface area contributed by atoms with Crippen LogP contribution in [0.25, 0.3) is 0 Å². The van der Waals surface area contributed by atoms with Gasteiger partial charge in [0.25, 0.3) is 0 Å². The molecule has 1 saturated carbocycles. The van der Waals surface area contributed by atoms with Gasteiger partial charge in [0, 0.05) is 25.6 Å². The minimum atomic E-state index is -0.934. The summed E-state index contributed by atoms with van der Waals surface area (Å²) in [4.78, 5) is 36.4. The summed E-state index contributed by atoms with van der Waals surface area (Å²) in [5.41, 5.74) is 0. The van der Waals surface area contributed by atoms with Gasteiger partial charge < -0.3 is 15.3 Å². The van der Waals surface area contributed by atoms with Crippen LogP contribution in [0.1, 0.15) is 45.4 Å². The van der Waals surface area contributed by atoms with Gasteiger partial charge in [0.05, 0.1) is 12.3 Å². The van der Waals surface area contributed by atoms with Crippen LogP contribution in [-0.2, 0) is 14.4 Å². The van der Waals surface area contributed by atoms with Crippen LogP contribution in [0.15, 0.2) is 0 Å². The molecule has 21 heavy (non-hydrogen) atoms. The summed E-state index contributed by atoms with van der Waals surface area (Å²) in [7, 11) is 0. The topological polar surface area (TPSA) is 86.7 Å². The molecule has 1 aliphatic heterocycles. The van der Waals surface area contributed by atoms with Gasteiger partial charge in [-0.05, 0) is 31.6 Å². The Kier molecular flexibility index (Phi) is 5.20. The Morgan fingerprint density at radius 1 is 1.29 bits per heavy atom. The molecule has 2 N–H and O–H groups in total. The van der Waals surface area contributed by atoms with Gasteiger partial charge in [-0.25, -0.2) is 0 Å². The van der Waals surface area contributed by atoms with Crippen molar-refractivity contribution in [2.75, 3.05) is 13.1 Å². The molecular formula is C15H24N2O4. The third-order valence-corrected chi connectivity index (χ3v) is 4.59. The van der Waals surface area contributed by atoms with Gasteiger partial charge in [0.15, 0.2) is 0 Å². The number of nitrogens with one attached hydrogen (secondary N) is 1. The van der Waals surface area contributed by atoms with Crippen molar-refractivity contribution < 1.29 is 19.5 Å². The Morgan fingerprint density at radius 2 is 1.95 bits per heavy atom. The van der Waals surface area contributed by atoms with E-state index in [1.807, 2.05) is 4.90 Å². The highest BCUT2D eigenvalue weighted by molar-refractivity contribution is 5.89. The predicted molar refractivity (Wildman–Crippen MR) is 76.5 cm³/mol. The normalized spacial score (nSPS) is 29.5. The van der Waals surface area contributed by atoms with E-state index in [1.165, 1.54) is 0 Å². The molecule has 1 atom stereocenters. The molecule has 1 heterocycles. The molecular weight excluding hydrogens is 272 g/mol. The van der Waals surface area contributed by atoms with E-state index in [9.17, 15) is 14.4 Å². The Morgan fingerprint density at radius 3 is 2.57 bits per heavy atom. The second-order valence-electron chi connectivity index (χ2n) is 6.30. The number of hydrogen-bond donors (Lipinski definition) is 2. The molecule has 0 aromatic heterocycles. The van der Waals surface area contributed by atoms with E-state index in [2.05, 4.69) is 12.2 Å². The molecule has 6 nitrogen and oxygen atoms in total. The molecule has 1 unspecified atom stereocenters. The van der Waals surface area contributed by atoms with E-state index in [-0.39, 0.29) is 43.2 Å². The van der Waals surface area contributed by atoms with E-state index >= 15 is 0 Å². The number of carboxylic acid groups (broad SMARTS) is 1. The van der Waals surface area contributed by atoms with Gasteiger partial charge in [-0.1, -0.05) is 6.92 Å². The first-order valence-electron chi connectivity index (χ1n) is 7.76. The lowest BCUT2D eigenvalue weighted by Gasteiger charge is -2.33. The summed E-state index contributed by atoms with van der Waals surface area (Å²) in [5.74, 6) is -0.667. The number of hydrogen-bond acceptors (Lipinski definition) is 3. The molecule has 0 bridgehead atoms. The standard InChI is InChI=1S/C15H24N2O4/c1-10-2-4-12(5-3-10)17-9-11(8-13(17)18)15(21)16-7-6-14(19)20/h10-12H,2-9H2,1H3,(H,16,21)(H,19,20). The average Bonchev–Trinajstić information content (AvgIpc) is 2.81. The van der Waals surface area contributed by atoms with Crippen LogP contribution in [-0.4, -0.2) is 46.9 Å². The fraction of sp³-hybridized carbons (Fsp3) is 0.800. The third kappa shape index (κ3) is 4.19. The van der Waals surface area contributed by atoms with Gasteiger partial charge >= 0.3 is 5.97 Å². The Balaban J connectivity index is 1.81. The molecule has 2 fully saturated rings. The summed E-state index contributed by atoms with van der Waals surface area (Å²) >= 11 is 0. The Hall–Kier alpha value is -1.59. The summed E-state index contributed by atoms with van der Waals surface area (Å²) in [6.45, 7) is 2.84. The number of likely N-dealkylation sites (tertiary alicyclic amines) is 1. The van der Waals surface area contributed by atoms with Crippen molar-refractivity contribution in [2.45, 2.75) is 51.5 Å². The summed E-state index contributed by atoms with van der Waals surface area (Å²) in [6, 6.07) is 0.283. The SMILES string of the molecule is CC1CCC(N2CC(C(=O)NCCC(=O)O)CC2=O)CC1. The lowest BCUT2D eigenvalue weighted by atomic mass is 9.87. The number of aliphatic carboxylic acids is 1. The van der Waals surface area contributed by atoms with Crippen LogP contribution in [0, 0.1) is 11.8 Å². The maximum atomic E-state index is 12.1. The first-order chi connectivity index (χ1) is 9.97. The Bertz CT molecular complexity index is 416. The van der Waals surface area contributed by atoms with Crippen LogP contribution in [0.4, 0.5) is 0 Å². The van der Waals surface area contributed by atoms with Crippen molar-refractivity contribution in [1.82, 2.24) is 10.2 Å². The summed E-state index contributed by atoms with van der Waals surface area (Å²) in [6.07, 6.45) is 4.51. The van der Waals surface area contributed by atoms with Gasteiger partial charge in [-0.2, -0.15) is 0 Å². The molecule has 1 aliphatic carbocycles. The second-order valence-corrected chi connectivity index (χ2v) is 6.30. The zero-order chi connectivity index (χ0) is 15.4. The van der Waals surface area contributed by atoms with E-state index in [0.717, 1.165) is 31.6 Å². The van der Waals surface area contributed by atoms with Crippen LogP contribution in [0.5, 0.6) is 0 Å². The molecule has 118 valence electrons. The number of carbonyl (C=O) groups excluding carboxylic acids is 2. The monoisotopic (exact) mass is 296 g/mol. The lowest BCUT2D eigenvalue weighted by Crippen LogP contribution is -2.40. The van der Waals surface area contributed by atoms with Gasteiger partial charge in [0.1, 0.15) is 0 Å². The van der Waals surface area contributed by atoms with Crippen molar-refractivity contribution in [2.24, 2.45) is 11.8 Å². The third-order valence-electron chi connectivity index (χ3n) is 4.59. The molecule has 0 aromatic carbocycles. The highest BCUT2D eigenvalue weighted by atomic mass is 16.4. The fourth-order valence-electron chi connectivity index (χ4n) is 3.25. The zero-order valence-electron chi connectivity index (χ0n) is 12.5. The minimum absolute atomic E-state index is 0.0629. The van der Waals surface area contributed by atoms with Crippen molar-refractivity contribution >= 4 is 17.8 Å². The summed E-state index contributed by atoms with van der Waals surface area (Å²) < 4.78 is 0. The van der Waals surface area contributed by atoms with Gasteiger partial charge in [-0.3, -0.25) is 14.4 Å². The fourth-order valence-corrected chi connectivity index (χ4v) is 3.25. The van der Waals surface area contributed by atoms with Crippen LogP contribution in [0.2, 0.25) is 0 Å². The maximum Gasteiger partial charge on any atom is 0.305 e. The molecule has 2 aliphatic rings. The van der Waals surface area contributed by atoms with Crippen molar-refractivity contribution in [3.8, 4) is 0 Å². The number of rotatable bonds is 5. The molecule has 1 saturated heterocycles. The predicted octanol–water partition coefficient (Wildman–Crippen LogP) is 1.00. The largest absolute Gasteiger partial charge is 0.481 e. The maximum absolute atomic E-state index is 12.1. The van der Waals surface area contributed by atoms with E-state index in [4.69, 9.17) is 5.11 Å². The number of amides is 2. The molecule has 0 aromatic rings. The van der Waals surface area contributed by atoms with E-state index in [0.29, 0.717) is 6.54 Å². The first kappa shape index (κ1) is 15.8. The number of carbonyl (C=O) groups is 3. The van der Waals surface area contributed by atoms with E-state index in [1.54, 1.807) is 0 Å². The van der Waals surface area contributed by atoms with Crippen LogP contribution >= 0.6 is 0 Å². The van der Waals surface area contributed by atoms with E-state index < -0.39 is 5.97 Å². The van der Waals surface area contributed by atoms with Crippen molar-refractivity contribution in [1.29, 1.82) is 0 Å². The Labute approximate surface area is 124 Å². The van der Waals surface area contributed by atoms with Crippen LogP contribution in [0.3, 0.4) is 0 Å². The van der Waals surface area contributed by atoms with Crippen LogP contribution < -0.4 is 5.32 Å². The number of carboxylic acids is 1. The minimum Gasteiger partial charge on any atom is -0.481 e. The van der Waals surface area contributed by atoms with Gasteiger partial charge in [0.2, 0.25) is 11.8 Å². The lowest BCUT2D eigenvalue weighted by molar-refractivity contribution is -0.137. The molecule has 0 spiro atoms. The summed E-state index contributed by atoms with van der Waals surface area (Å²) in [5, 5.41) is 11.2. The molecule has 2 amide bonds. The zero-order valence-corrected chi connectivity index (χ0v) is 12.5. The van der Waals surface area contributed by atoms with Gasteiger partial charge in [-0.15, -0.1) is 0 Å². The first-order valence-corrected chi connectivity index (χ1v) is 7.76. The van der Waals surface area contributed by atoms with Crippen molar-refractivity contribution in [3.05, 3.63) is 0 Å². The molecule has 0 radical (unpaired) electrons. The number of nitrogens with zero attached hydrogens (tertiary/aromatic N) is 1. The highest BCUT2D eigenvalue weighted by Crippen LogP contribution is 2.31. The quantitative estimate of drug-likeness (QED) is 0.792. The van der Waals surface area contributed by atoms with Crippen molar-refractivity contribution in [3.63, 3.8) is 0 Å².